The minimum Gasteiger partial charge on any atom is -0.469 e. The molecule has 3 aliphatic rings. The zero-order chi connectivity index (χ0) is 24.4. The summed E-state index contributed by atoms with van der Waals surface area (Å²) in [7, 11) is 0. The number of carbonyl (C=O) groups is 3. The van der Waals surface area contributed by atoms with Crippen LogP contribution in [0.2, 0.25) is 0 Å². The molecule has 1 unspecified atom stereocenters. The zero-order valence-corrected chi connectivity index (χ0v) is 19.2. The normalized spacial score (nSPS) is 23.0. The molecule has 3 atom stereocenters. The fraction of sp³-hybridized carbons (Fsp3) is 0.129. The van der Waals surface area contributed by atoms with Crippen molar-refractivity contribution in [2.75, 3.05) is 4.90 Å². The summed E-state index contributed by atoms with van der Waals surface area (Å²) in [6.45, 7) is 0. The van der Waals surface area contributed by atoms with E-state index in [0.717, 1.165) is 11.3 Å². The molecule has 174 valence electrons. The molecular weight excluding hydrogens is 450 g/mol. The van der Waals surface area contributed by atoms with Crippen molar-refractivity contribution < 1.29 is 18.8 Å². The van der Waals surface area contributed by atoms with Crippen molar-refractivity contribution in [3.63, 3.8) is 0 Å². The van der Waals surface area contributed by atoms with Gasteiger partial charge in [0.2, 0.25) is 0 Å². The Bertz CT molecular complexity index is 1530. The monoisotopic (exact) mass is 471 g/mol. The number of fused-ring (bicyclic) bond motifs is 5. The van der Waals surface area contributed by atoms with Gasteiger partial charge >= 0.3 is 0 Å². The zero-order valence-electron chi connectivity index (χ0n) is 19.2. The maximum Gasteiger partial charge on any atom is 0.186 e. The van der Waals surface area contributed by atoms with Gasteiger partial charge in [-0.1, -0.05) is 84.9 Å². The summed E-state index contributed by atoms with van der Waals surface area (Å²) < 4.78 is 5.90. The highest BCUT2D eigenvalue weighted by Gasteiger charge is 2.72. The molecule has 7 rings (SSSR count). The molecule has 2 aliphatic heterocycles. The predicted octanol–water partition coefficient (Wildman–Crippen LogP) is 5.60. The van der Waals surface area contributed by atoms with Crippen LogP contribution in [0.3, 0.4) is 0 Å². The van der Waals surface area contributed by atoms with Crippen LogP contribution >= 0.6 is 0 Å². The van der Waals surface area contributed by atoms with Gasteiger partial charge in [0.15, 0.2) is 17.3 Å². The van der Waals surface area contributed by atoms with Crippen LogP contribution in [0.4, 0.5) is 5.69 Å². The minimum absolute atomic E-state index is 0.152. The largest absolute Gasteiger partial charge is 0.469 e. The molecule has 5 heteroatoms. The van der Waals surface area contributed by atoms with Crippen molar-refractivity contribution in [2.45, 2.75) is 18.0 Å². The molecule has 1 fully saturated rings. The molecule has 1 saturated heterocycles. The Morgan fingerprint density at radius 3 is 2.14 bits per heavy atom. The van der Waals surface area contributed by atoms with Gasteiger partial charge in [0, 0.05) is 22.4 Å². The van der Waals surface area contributed by atoms with E-state index in [1.54, 1.807) is 48.5 Å². The van der Waals surface area contributed by atoms with Gasteiger partial charge in [0.1, 0.15) is 17.2 Å². The Hall–Kier alpha value is -4.51. The SMILES string of the molecule is O=C(c1ccccc1)[C@@H]1[C@@H](c2ccco2)C2(C(=O)c3ccccc3C2=O)C2C=Cc3ccccc3N21. The molecule has 0 bridgehead atoms. The standard InChI is InChI=1S/C31H21NO4/c33-28(20-10-2-1-3-11-20)27-26(24-15-8-18-36-24)31(29(34)21-12-5-6-13-22(21)30(31)35)25-17-16-19-9-4-7-14-23(19)32(25)27/h1-18,25-27H/t25?,26-,27+/m1/s1. The third-order valence-corrected chi connectivity index (χ3v) is 7.89. The molecule has 1 aliphatic carbocycles. The smallest absolute Gasteiger partial charge is 0.186 e. The minimum atomic E-state index is -1.53. The second-order valence-electron chi connectivity index (χ2n) is 9.51. The van der Waals surface area contributed by atoms with Gasteiger partial charge in [-0.3, -0.25) is 14.4 Å². The number of furan rings is 1. The lowest BCUT2D eigenvalue weighted by molar-refractivity contribution is 0.0652. The van der Waals surface area contributed by atoms with E-state index in [9.17, 15) is 14.4 Å². The number of rotatable bonds is 3. The lowest BCUT2D eigenvalue weighted by atomic mass is 9.65. The van der Waals surface area contributed by atoms with E-state index in [0.29, 0.717) is 22.5 Å². The van der Waals surface area contributed by atoms with Crippen molar-refractivity contribution in [3.8, 4) is 0 Å². The fourth-order valence-corrected chi connectivity index (χ4v) is 6.47. The van der Waals surface area contributed by atoms with Crippen molar-refractivity contribution >= 4 is 29.1 Å². The van der Waals surface area contributed by atoms with Gasteiger partial charge < -0.3 is 9.32 Å². The summed E-state index contributed by atoms with van der Waals surface area (Å²) in [5, 5.41) is 0. The fourth-order valence-electron chi connectivity index (χ4n) is 6.47. The van der Waals surface area contributed by atoms with E-state index in [-0.39, 0.29) is 17.3 Å². The summed E-state index contributed by atoms with van der Waals surface area (Å²) >= 11 is 0. The summed E-state index contributed by atoms with van der Waals surface area (Å²) in [5.41, 5.74) is 1.56. The van der Waals surface area contributed by atoms with Crippen LogP contribution in [0.1, 0.15) is 48.3 Å². The highest BCUT2D eigenvalue weighted by molar-refractivity contribution is 6.32. The molecule has 3 aromatic carbocycles. The molecule has 3 heterocycles. The van der Waals surface area contributed by atoms with E-state index < -0.39 is 23.4 Å². The van der Waals surface area contributed by atoms with Crippen LogP contribution in [0.15, 0.2) is 108 Å². The van der Waals surface area contributed by atoms with Crippen LogP contribution in [0.5, 0.6) is 0 Å². The second kappa shape index (κ2) is 7.49. The Labute approximate surface area is 207 Å². The number of nitrogens with zero attached hydrogens (tertiary/aromatic N) is 1. The maximum atomic E-state index is 14.4. The van der Waals surface area contributed by atoms with E-state index in [2.05, 4.69) is 0 Å². The average Bonchev–Trinajstić information content (AvgIpc) is 3.62. The third-order valence-electron chi connectivity index (χ3n) is 7.89. The topological polar surface area (TPSA) is 67.6 Å². The molecule has 0 saturated carbocycles. The van der Waals surface area contributed by atoms with Gasteiger partial charge in [-0.15, -0.1) is 0 Å². The average molecular weight is 472 g/mol. The first kappa shape index (κ1) is 20.8. The number of anilines is 1. The number of hydrogen-bond acceptors (Lipinski definition) is 5. The molecule has 0 N–H and O–H groups in total. The van der Waals surface area contributed by atoms with Crippen LogP contribution in [0.25, 0.3) is 6.08 Å². The molecule has 1 spiro atoms. The Balaban J connectivity index is 1.55. The molecule has 4 aromatic rings. The third kappa shape index (κ3) is 2.52. The summed E-state index contributed by atoms with van der Waals surface area (Å²) in [6, 6.07) is 25.9. The number of para-hydroxylation sites is 1. The molecule has 1 aromatic heterocycles. The quantitative estimate of drug-likeness (QED) is 0.288. The van der Waals surface area contributed by atoms with Crippen molar-refractivity contribution in [1.82, 2.24) is 0 Å². The summed E-state index contributed by atoms with van der Waals surface area (Å²) in [5.74, 6) is -1.02. The second-order valence-corrected chi connectivity index (χ2v) is 9.51. The van der Waals surface area contributed by atoms with E-state index in [1.165, 1.54) is 6.26 Å². The highest BCUT2D eigenvalue weighted by atomic mass is 16.3. The van der Waals surface area contributed by atoms with Crippen molar-refractivity contribution in [1.29, 1.82) is 0 Å². The van der Waals surface area contributed by atoms with Crippen molar-refractivity contribution in [2.24, 2.45) is 5.41 Å². The first-order valence-corrected chi connectivity index (χ1v) is 12.0. The molecule has 36 heavy (non-hydrogen) atoms. The van der Waals surface area contributed by atoms with E-state index in [1.807, 2.05) is 59.5 Å². The first-order valence-electron chi connectivity index (χ1n) is 12.0. The van der Waals surface area contributed by atoms with Crippen LogP contribution < -0.4 is 4.90 Å². The Morgan fingerprint density at radius 2 is 1.44 bits per heavy atom. The van der Waals surface area contributed by atoms with Gasteiger partial charge in [-0.05, 0) is 23.8 Å². The van der Waals surface area contributed by atoms with Crippen molar-refractivity contribution in [3.05, 3.63) is 131 Å². The first-order chi connectivity index (χ1) is 17.6. The highest BCUT2D eigenvalue weighted by Crippen LogP contribution is 2.60. The Kier molecular flexibility index (Phi) is 4.33. The van der Waals surface area contributed by atoms with Crippen LogP contribution in [0, 0.1) is 5.41 Å². The molecule has 0 amide bonds. The number of ketones is 3. The lowest BCUT2D eigenvalue weighted by Gasteiger charge is -2.37. The lowest BCUT2D eigenvalue weighted by Crippen LogP contribution is -2.48. The van der Waals surface area contributed by atoms with Gasteiger partial charge in [-0.25, -0.2) is 0 Å². The molecular formula is C31H21NO4. The molecule has 0 radical (unpaired) electrons. The van der Waals surface area contributed by atoms with Gasteiger partial charge in [-0.2, -0.15) is 0 Å². The van der Waals surface area contributed by atoms with E-state index >= 15 is 0 Å². The predicted molar refractivity (Wildman–Crippen MR) is 135 cm³/mol. The number of Topliss-reactive ketones (excluding diaryl/α,β-unsaturated/α-hetero) is 3. The van der Waals surface area contributed by atoms with Crippen LogP contribution in [-0.4, -0.2) is 29.4 Å². The summed E-state index contributed by atoms with van der Waals surface area (Å²) in [4.78, 5) is 45.0. The molecule has 5 nitrogen and oxygen atoms in total. The maximum absolute atomic E-state index is 14.4. The van der Waals surface area contributed by atoms with Crippen LogP contribution in [-0.2, 0) is 0 Å². The Morgan fingerprint density at radius 1 is 0.778 bits per heavy atom. The van der Waals surface area contributed by atoms with E-state index in [4.69, 9.17) is 4.42 Å². The summed E-state index contributed by atoms with van der Waals surface area (Å²) in [6.07, 6.45) is 5.40. The van der Waals surface area contributed by atoms with Gasteiger partial charge in [0.25, 0.3) is 0 Å². The van der Waals surface area contributed by atoms with Gasteiger partial charge in [0.05, 0.1) is 18.2 Å². The number of benzene rings is 3. The number of carbonyl (C=O) groups excluding carboxylic acids is 3. The number of hydrogen-bond donors (Lipinski definition) is 0.